The van der Waals surface area contributed by atoms with Gasteiger partial charge in [-0.3, -0.25) is 0 Å². The van der Waals surface area contributed by atoms with Crippen LogP contribution in [0.2, 0.25) is 0 Å². The van der Waals surface area contributed by atoms with Crippen molar-refractivity contribution in [2.24, 2.45) is 0 Å². The maximum absolute atomic E-state index is 13.0. The zero-order chi connectivity index (χ0) is 14.0. The highest BCUT2D eigenvalue weighted by atomic mass is 32.1. The molecule has 0 aliphatic heterocycles. The number of hydrogen-bond donors (Lipinski definition) is 0. The van der Waals surface area contributed by atoms with Crippen molar-refractivity contribution in [2.75, 3.05) is 6.61 Å². The number of hydrogen-bond acceptors (Lipinski definition) is 3. The minimum atomic E-state index is -0.270. The fourth-order valence-electron chi connectivity index (χ4n) is 1.55. The molecule has 2 rings (SSSR count). The maximum Gasteiger partial charge on any atom is 0.139 e. The van der Waals surface area contributed by atoms with Gasteiger partial charge in [-0.15, -0.1) is 11.3 Å². The molecule has 0 atom stereocenters. The Labute approximate surface area is 116 Å². The van der Waals surface area contributed by atoms with E-state index in [-0.39, 0.29) is 17.8 Å². The summed E-state index contributed by atoms with van der Waals surface area (Å²) in [5, 5.41) is 1.10. The minimum Gasteiger partial charge on any atom is -0.486 e. The summed E-state index contributed by atoms with van der Waals surface area (Å²) < 4.78 is 19.5. The Hall–Kier alpha value is -1.42. The SMILES string of the molecule is C/C=C(/F)COc1ccc2sc(C(C)(C)C)nc2c1. The highest BCUT2D eigenvalue weighted by Gasteiger charge is 2.18. The van der Waals surface area contributed by atoms with Gasteiger partial charge in [0.05, 0.1) is 15.2 Å². The molecular formula is C15H18FNOS. The lowest BCUT2D eigenvalue weighted by Gasteiger charge is -2.13. The van der Waals surface area contributed by atoms with Crippen LogP contribution in [0.25, 0.3) is 10.2 Å². The monoisotopic (exact) mass is 279 g/mol. The molecule has 1 heterocycles. The molecule has 0 bridgehead atoms. The third kappa shape index (κ3) is 3.32. The largest absolute Gasteiger partial charge is 0.486 e. The molecule has 0 radical (unpaired) electrons. The number of thiazole rings is 1. The molecule has 0 saturated heterocycles. The maximum atomic E-state index is 13.0. The van der Waals surface area contributed by atoms with E-state index in [1.807, 2.05) is 18.2 Å². The van der Waals surface area contributed by atoms with Crippen LogP contribution in [0.5, 0.6) is 5.75 Å². The molecule has 0 unspecified atom stereocenters. The number of rotatable bonds is 3. The van der Waals surface area contributed by atoms with Crippen LogP contribution in [0.15, 0.2) is 30.1 Å². The van der Waals surface area contributed by atoms with Crippen LogP contribution < -0.4 is 4.74 Å². The van der Waals surface area contributed by atoms with Crippen molar-refractivity contribution >= 4 is 21.6 Å². The van der Waals surface area contributed by atoms with Gasteiger partial charge in [0.1, 0.15) is 18.2 Å². The summed E-state index contributed by atoms with van der Waals surface area (Å²) in [4.78, 5) is 4.62. The summed E-state index contributed by atoms with van der Waals surface area (Å²) >= 11 is 1.69. The van der Waals surface area contributed by atoms with E-state index in [4.69, 9.17) is 4.74 Å². The van der Waals surface area contributed by atoms with E-state index in [0.29, 0.717) is 5.75 Å². The quantitative estimate of drug-likeness (QED) is 0.801. The van der Waals surface area contributed by atoms with Gasteiger partial charge in [0.2, 0.25) is 0 Å². The molecule has 2 nitrogen and oxygen atoms in total. The summed E-state index contributed by atoms with van der Waals surface area (Å²) in [5.41, 5.74) is 0.954. The first-order valence-corrected chi connectivity index (χ1v) is 7.06. The molecule has 0 N–H and O–H groups in total. The summed E-state index contributed by atoms with van der Waals surface area (Å²) in [7, 11) is 0. The molecule has 0 fully saturated rings. The Morgan fingerprint density at radius 1 is 1.42 bits per heavy atom. The number of aromatic nitrogens is 1. The summed E-state index contributed by atoms with van der Waals surface area (Å²) in [6.07, 6.45) is 1.40. The second-order valence-corrected chi connectivity index (χ2v) is 6.45. The summed E-state index contributed by atoms with van der Waals surface area (Å²) in [6.45, 7) is 8.05. The Kier molecular flexibility index (Phi) is 3.90. The van der Waals surface area contributed by atoms with Gasteiger partial charge in [-0.2, -0.15) is 0 Å². The van der Waals surface area contributed by atoms with Crippen LogP contribution in [0.1, 0.15) is 32.7 Å². The van der Waals surface area contributed by atoms with E-state index >= 15 is 0 Å². The van der Waals surface area contributed by atoms with Gasteiger partial charge >= 0.3 is 0 Å². The van der Waals surface area contributed by atoms with Crippen molar-refractivity contribution in [3.8, 4) is 5.75 Å². The molecule has 1 aromatic heterocycles. The third-order valence-corrected chi connectivity index (χ3v) is 4.15. The average Bonchev–Trinajstić information content (AvgIpc) is 2.78. The molecule has 1 aromatic carbocycles. The highest BCUT2D eigenvalue weighted by Crippen LogP contribution is 2.32. The number of halogens is 1. The van der Waals surface area contributed by atoms with Gasteiger partial charge in [-0.05, 0) is 19.1 Å². The molecule has 0 aliphatic carbocycles. The Morgan fingerprint density at radius 2 is 2.16 bits per heavy atom. The topological polar surface area (TPSA) is 22.1 Å². The lowest BCUT2D eigenvalue weighted by molar-refractivity contribution is 0.319. The molecule has 4 heteroatoms. The van der Waals surface area contributed by atoms with E-state index < -0.39 is 0 Å². The average molecular weight is 279 g/mol. The van der Waals surface area contributed by atoms with E-state index in [0.717, 1.165) is 15.2 Å². The zero-order valence-corrected chi connectivity index (χ0v) is 12.5. The normalized spacial score (nSPS) is 13.0. The van der Waals surface area contributed by atoms with Gasteiger partial charge in [0, 0.05) is 11.5 Å². The van der Waals surface area contributed by atoms with Crippen LogP contribution in [-0.4, -0.2) is 11.6 Å². The fraction of sp³-hybridized carbons (Fsp3) is 0.400. The van der Waals surface area contributed by atoms with Crippen molar-refractivity contribution in [3.63, 3.8) is 0 Å². The first kappa shape index (κ1) is 14.0. The minimum absolute atomic E-state index is 0.0295. The second-order valence-electron chi connectivity index (χ2n) is 5.42. The predicted octanol–water partition coefficient (Wildman–Crippen LogP) is 4.85. The molecule has 19 heavy (non-hydrogen) atoms. The second kappa shape index (κ2) is 5.29. The van der Waals surface area contributed by atoms with Crippen LogP contribution in [0.3, 0.4) is 0 Å². The van der Waals surface area contributed by atoms with Crippen LogP contribution in [-0.2, 0) is 5.41 Å². The summed E-state index contributed by atoms with van der Waals surface area (Å²) in [5.74, 6) is 0.379. The van der Waals surface area contributed by atoms with Crippen molar-refractivity contribution in [1.82, 2.24) is 4.98 Å². The van der Waals surface area contributed by atoms with Crippen molar-refractivity contribution < 1.29 is 9.13 Å². The van der Waals surface area contributed by atoms with Gasteiger partial charge in [-0.25, -0.2) is 9.37 Å². The highest BCUT2D eigenvalue weighted by molar-refractivity contribution is 7.18. The smallest absolute Gasteiger partial charge is 0.139 e. The Morgan fingerprint density at radius 3 is 2.79 bits per heavy atom. The first-order valence-electron chi connectivity index (χ1n) is 6.24. The third-order valence-electron chi connectivity index (χ3n) is 2.69. The van der Waals surface area contributed by atoms with Crippen molar-refractivity contribution in [2.45, 2.75) is 33.1 Å². The summed E-state index contributed by atoms with van der Waals surface area (Å²) in [6, 6.07) is 5.70. The molecule has 2 aromatic rings. The van der Waals surface area contributed by atoms with Gasteiger partial charge in [-0.1, -0.05) is 26.8 Å². The lowest BCUT2D eigenvalue weighted by atomic mass is 9.98. The van der Waals surface area contributed by atoms with E-state index in [1.54, 1.807) is 18.3 Å². The molecular weight excluding hydrogens is 261 g/mol. The van der Waals surface area contributed by atoms with Gasteiger partial charge in [0.25, 0.3) is 0 Å². The Balaban J connectivity index is 2.25. The predicted molar refractivity (Wildman–Crippen MR) is 78.7 cm³/mol. The van der Waals surface area contributed by atoms with E-state index in [9.17, 15) is 4.39 Å². The number of benzene rings is 1. The number of ether oxygens (including phenoxy) is 1. The number of allylic oxidation sites excluding steroid dienone is 1. The standard InChI is InChI=1S/C15H18FNOS/c1-5-10(16)9-18-11-6-7-13-12(8-11)17-14(19-13)15(2,3)4/h5-8H,9H2,1-4H3/b10-5+. The molecule has 0 saturated carbocycles. The van der Waals surface area contributed by atoms with Crippen LogP contribution in [0.4, 0.5) is 4.39 Å². The van der Waals surface area contributed by atoms with E-state index in [1.165, 1.54) is 6.08 Å². The van der Waals surface area contributed by atoms with Crippen molar-refractivity contribution in [3.05, 3.63) is 35.1 Å². The fourth-order valence-corrected chi connectivity index (χ4v) is 2.56. The molecule has 0 aliphatic rings. The lowest BCUT2D eigenvalue weighted by Crippen LogP contribution is -2.09. The number of nitrogens with zero attached hydrogens (tertiary/aromatic N) is 1. The van der Waals surface area contributed by atoms with Gasteiger partial charge < -0.3 is 4.74 Å². The Bertz CT molecular complexity index is 610. The number of fused-ring (bicyclic) bond motifs is 1. The van der Waals surface area contributed by atoms with Crippen LogP contribution in [0, 0.1) is 0 Å². The van der Waals surface area contributed by atoms with E-state index in [2.05, 4.69) is 25.8 Å². The van der Waals surface area contributed by atoms with Crippen molar-refractivity contribution in [1.29, 1.82) is 0 Å². The molecule has 102 valence electrons. The van der Waals surface area contributed by atoms with Gasteiger partial charge in [0.15, 0.2) is 0 Å². The van der Waals surface area contributed by atoms with Crippen LogP contribution >= 0.6 is 11.3 Å². The first-order chi connectivity index (χ1) is 8.90. The molecule has 0 amide bonds. The molecule has 0 spiro atoms. The zero-order valence-electron chi connectivity index (χ0n) is 11.7.